The van der Waals surface area contributed by atoms with Crippen LogP contribution >= 0.6 is 23.4 Å². The highest BCUT2D eigenvalue weighted by atomic mass is 35.5. The van der Waals surface area contributed by atoms with Crippen LogP contribution in [0.2, 0.25) is 0 Å². The molecule has 30 heavy (non-hydrogen) atoms. The molecule has 2 aromatic rings. The zero-order valence-corrected chi connectivity index (χ0v) is 19.2. The van der Waals surface area contributed by atoms with Gasteiger partial charge in [0, 0.05) is 37.5 Å². The summed E-state index contributed by atoms with van der Waals surface area (Å²) in [6.07, 6.45) is 11.6. The number of aliphatic hydroxyl groups is 1. The highest BCUT2D eigenvalue weighted by Crippen LogP contribution is 2.23. The molecule has 0 radical (unpaired) electrons. The molecule has 9 heteroatoms. The maximum absolute atomic E-state index is 13.1. The number of nitrogens with zero attached hydrogens (tertiary/aromatic N) is 4. The van der Waals surface area contributed by atoms with Crippen LogP contribution in [0, 0.1) is 0 Å². The minimum atomic E-state index is -0.424. The van der Waals surface area contributed by atoms with E-state index in [1.54, 1.807) is 31.0 Å². The van der Waals surface area contributed by atoms with E-state index in [1.807, 2.05) is 29.7 Å². The molecule has 0 aromatic carbocycles. The molecule has 0 saturated heterocycles. The smallest absolute Gasteiger partial charge is 0.332 e. The first-order valence-electron chi connectivity index (χ1n) is 10.0. The van der Waals surface area contributed by atoms with E-state index in [1.165, 1.54) is 9.13 Å². The van der Waals surface area contributed by atoms with Gasteiger partial charge in [-0.3, -0.25) is 13.9 Å². The third kappa shape index (κ3) is 5.77. The summed E-state index contributed by atoms with van der Waals surface area (Å²) in [7, 11) is 1.62. The van der Waals surface area contributed by atoms with Crippen LogP contribution in [0.4, 0.5) is 0 Å². The van der Waals surface area contributed by atoms with Gasteiger partial charge < -0.3 is 9.67 Å². The standard InChI is InChI=1S/C21H29ClN4O3S/c1-4-6-15-30-20-23-18-17(25(20)12-8-7-11-16(22)10-5-2)19(28)26(13-9-14-27)21(29)24(18)3/h5,7-8,10-11,27H,4,6,9,12-15H2,1-3H3/b8-7+,10-5-,16-11+. The van der Waals surface area contributed by atoms with E-state index in [-0.39, 0.29) is 18.7 Å². The molecule has 0 aliphatic rings. The van der Waals surface area contributed by atoms with Gasteiger partial charge in [0.25, 0.3) is 5.56 Å². The van der Waals surface area contributed by atoms with Crippen LogP contribution in [0.5, 0.6) is 0 Å². The van der Waals surface area contributed by atoms with Crippen molar-refractivity contribution in [1.29, 1.82) is 0 Å². The topological polar surface area (TPSA) is 82.1 Å². The second-order valence-corrected chi connectivity index (χ2v) is 8.23. The number of thioether (sulfide) groups is 1. The molecule has 0 spiro atoms. The van der Waals surface area contributed by atoms with Crippen molar-refractivity contribution >= 4 is 34.5 Å². The Morgan fingerprint density at radius 1 is 1.27 bits per heavy atom. The van der Waals surface area contributed by atoms with Crippen LogP contribution in [0.1, 0.15) is 33.1 Å². The Bertz CT molecular complexity index is 1060. The second-order valence-electron chi connectivity index (χ2n) is 6.73. The Balaban J connectivity index is 2.57. The maximum Gasteiger partial charge on any atom is 0.332 e. The molecule has 0 fully saturated rings. The predicted molar refractivity (Wildman–Crippen MR) is 124 cm³/mol. The van der Waals surface area contributed by atoms with Crippen molar-refractivity contribution < 1.29 is 5.11 Å². The third-order valence-corrected chi connectivity index (χ3v) is 5.79. The quantitative estimate of drug-likeness (QED) is 0.321. The Labute approximate surface area is 185 Å². The lowest BCUT2D eigenvalue weighted by Crippen LogP contribution is -2.39. The van der Waals surface area contributed by atoms with Gasteiger partial charge in [0.05, 0.1) is 0 Å². The first-order chi connectivity index (χ1) is 14.5. The van der Waals surface area contributed by atoms with Crippen molar-refractivity contribution in [3.05, 3.63) is 56.3 Å². The van der Waals surface area contributed by atoms with Crippen LogP contribution in [0.25, 0.3) is 11.2 Å². The van der Waals surface area contributed by atoms with Crippen molar-refractivity contribution in [2.45, 2.75) is 51.4 Å². The average molecular weight is 453 g/mol. The first-order valence-corrected chi connectivity index (χ1v) is 11.4. The van der Waals surface area contributed by atoms with Crippen molar-refractivity contribution in [1.82, 2.24) is 18.7 Å². The SMILES string of the molecule is C\C=C/C(Cl)=C\C=C\Cn1c(SCCCC)nc2c1c(=O)n(CCCO)c(=O)n2C. The van der Waals surface area contributed by atoms with Gasteiger partial charge >= 0.3 is 5.69 Å². The molecule has 0 unspecified atom stereocenters. The van der Waals surface area contributed by atoms with Gasteiger partial charge in [-0.05, 0) is 31.9 Å². The van der Waals surface area contributed by atoms with Crippen LogP contribution in [0.3, 0.4) is 0 Å². The summed E-state index contributed by atoms with van der Waals surface area (Å²) in [5, 5.41) is 10.4. The fraction of sp³-hybridized carbons (Fsp3) is 0.476. The number of fused-ring (bicyclic) bond motifs is 1. The second kappa shape index (κ2) is 12.0. The first kappa shape index (κ1) is 24.2. The maximum atomic E-state index is 13.1. The Morgan fingerprint density at radius 2 is 2.03 bits per heavy atom. The monoisotopic (exact) mass is 452 g/mol. The lowest BCUT2D eigenvalue weighted by atomic mass is 10.4. The number of halogens is 1. The molecule has 2 aromatic heterocycles. The third-order valence-electron chi connectivity index (χ3n) is 4.47. The summed E-state index contributed by atoms with van der Waals surface area (Å²) < 4.78 is 4.42. The summed E-state index contributed by atoms with van der Waals surface area (Å²) in [4.78, 5) is 30.4. The fourth-order valence-electron chi connectivity index (χ4n) is 2.91. The summed E-state index contributed by atoms with van der Waals surface area (Å²) >= 11 is 7.65. The summed E-state index contributed by atoms with van der Waals surface area (Å²) in [5.41, 5.74) is -0.0399. The minimum absolute atomic E-state index is 0.0902. The van der Waals surface area contributed by atoms with Gasteiger partial charge in [0.15, 0.2) is 16.3 Å². The number of aryl methyl sites for hydroxylation is 1. The molecule has 164 valence electrons. The van der Waals surface area contributed by atoms with Gasteiger partial charge in [-0.1, -0.05) is 54.9 Å². The Morgan fingerprint density at radius 3 is 2.70 bits per heavy atom. The van der Waals surface area contributed by atoms with E-state index >= 15 is 0 Å². The van der Waals surface area contributed by atoms with E-state index in [0.29, 0.717) is 34.3 Å². The molecule has 0 bridgehead atoms. The van der Waals surface area contributed by atoms with E-state index in [4.69, 9.17) is 16.7 Å². The van der Waals surface area contributed by atoms with Crippen molar-refractivity contribution in [3.8, 4) is 0 Å². The molecule has 0 saturated carbocycles. The van der Waals surface area contributed by atoms with Crippen molar-refractivity contribution in [2.75, 3.05) is 12.4 Å². The number of aromatic nitrogens is 4. The number of hydrogen-bond donors (Lipinski definition) is 1. The zero-order valence-electron chi connectivity index (χ0n) is 17.7. The Kier molecular flexibility index (Phi) is 9.68. The van der Waals surface area contributed by atoms with Gasteiger partial charge in [0.1, 0.15) is 0 Å². The van der Waals surface area contributed by atoms with Crippen LogP contribution in [-0.2, 0) is 20.1 Å². The molecule has 7 nitrogen and oxygen atoms in total. The number of hydrogen-bond acceptors (Lipinski definition) is 5. The average Bonchev–Trinajstić information content (AvgIpc) is 3.09. The van der Waals surface area contributed by atoms with Crippen LogP contribution in [0.15, 0.2) is 50.2 Å². The lowest BCUT2D eigenvalue weighted by Gasteiger charge is -2.09. The zero-order chi connectivity index (χ0) is 22.1. The molecule has 0 aliphatic carbocycles. The van der Waals surface area contributed by atoms with E-state index < -0.39 is 5.69 Å². The van der Waals surface area contributed by atoms with Gasteiger partial charge in [-0.25, -0.2) is 9.78 Å². The van der Waals surface area contributed by atoms with Gasteiger partial charge in [-0.15, -0.1) is 0 Å². The van der Waals surface area contributed by atoms with Crippen LogP contribution in [-0.4, -0.2) is 36.2 Å². The molecule has 2 heterocycles. The normalized spacial score (nSPS) is 12.8. The predicted octanol–water partition coefficient (Wildman–Crippen LogP) is 3.43. The molecule has 2 rings (SSSR count). The molecule has 1 N–H and O–H groups in total. The van der Waals surface area contributed by atoms with Crippen molar-refractivity contribution in [2.24, 2.45) is 7.05 Å². The fourth-order valence-corrected chi connectivity index (χ4v) is 4.19. The number of imidazole rings is 1. The number of rotatable bonds is 11. The molecule has 0 aliphatic heterocycles. The van der Waals surface area contributed by atoms with E-state index in [2.05, 4.69) is 11.9 Å². The highest BCUT2D eigenvalue weighted by molar-refractivity contribution is 7.99. The summed E-state index contributed by atoms with van der Waals surface area (Å²) in [5.74, 6) is 0.878. The molecular weight excluding hydrogens is 424 g/mol. The number of allylic oxidation sites excluding steroid dienone is 6. The minimum Gasteiger partial charge on any atom is -0.396 e. The molecule has 0 amide bonds. The lowest BCUT2D eigenvalue weighted by molar-refractivity contribution is 0.277. The molecule has 0 atom stereocenters. The van der Waals surface area contributed by atoms with E-state index in [0.717, 1.165) is 18.6 Å². The van der Waals surface area contributed by atoms with E-state index in [9.17, 15) is 9.59 Å². The summed E-state index contributed by atoms with van der Waals surface area (Å²) in [6.45, 7) is 4.51. The highest BCUT2D eigenvalue weighted by Gasteiger charge is 2.19. The van der Waals surface area contributed by atoms with Gasteiger partial charge in [0.2, 0.25) is 0 Å². The largest absolute Gasteiger partial charge is 0.396 e. The summed E-state index contributed by atoms with van der Waals surface area (Å²) in [6, 6.07) is 0. The van der Waals surface area contributed by atoms with Gasteiger partial charge in [-0.2, -0.15) is 0 Å². The molecular formula is C21H29ClN4O3S. The van der Waals surface area contributed by atoms with Crippen molar-refractivity contribution in [3.63, 3.8) is 0 Å². The number of unbranched alkanes of at least 4 members (excludes halogenated alkanes) is 1. The Hall–Kier alpha value is -2.03. The number of aliphatic hydroxyl groups excluding tert-OH is 1. The van der Waals surface area contributed by atoms with Crippen LogP contribution < -0.4 is 11.2 Å².